The summed E-state index contributed by atoms with van der Waals surface area (Å²) in [6, 6.07) is 2.73. The normalized spacial score (nSPS) is 19.9. The number of aromatic nitrogens is 2. The second kappa shape index (κ2) is 7.79. The highest BCUT2D eigenvalue weighted by Gasteiger charge is 2.16. The van der Waals surface area contributed by atoms with Crippen molar-refractivity contribution in [3.63, 3.8) is 0 Å². The van der Waals surface area contributed by atoms with E-state index in [4.69, 9.17) is 5.10 Å². The highest BCUT2D eigenvalue weighted by Crippen LogP contribution is 2.16. The summed E-state index contributed by atoms with van der Waals surface area (Å²) in [5.41, 5.74) is 1.20. The van der Waals surface area contributed by atoms with Gasteiger partial charge in [-0.1, -0.05) is 13.8 Å². The van der Waals surface area contributed by atoms with Crippen LogP contribution in [0.25, 0.3) is 0 Å². The minimum Gasteiger partial charge on any atom is -0.316 e. The van der Waals surface area contributed by atoms with Crippen molar-refractivity contribution in [2.24, 2.45) is 5.92 Å². The van der Waals surface area contributed by atoms with Gasteiger partial charge in [0.05, 0.1) is 11.7 Å². The van der Waals surface area contributed by atoms with E-state index >= 15 is 0 Å². The minimum atomic E-state index is 0.552. The molecule has 2 rings (SSSR count). The first-order chi connectivity index (χ1) is 9.72. The quantitative estimate of drug-likeness (QED) is 0.832. The molecule has 1 atom stereocenters. The zero-order valence-electron chi connectivity index (χ0n) is 13.3. The average Bonchev–Trinajstić information content (AvgIpc) is 2.89. The number of nitrogens with one attached hydrogen (secondary N) is 1. The first kappa shape index (κ1) is 15.5. The lowest BCUT2D eigenvalue weighted by Crippen LogP contribution is -2.36. The molecular formula is C16H30N4. The van der Waals surface area contributed by atoms with Crippen molar-refractivity contribution in [2.75, 3.05) is 26.7 Å². The molecule has 0 aliphatic carbocycles. The largest absolute Gasteiger partial charge is 0.316 e. The summed E-state index contributed by atoms with van der Waals surface area (Å²) in [5, 5.41) is 8.24. The highest BCUT2D eigenvalue weighted by atomic mass is 15.3. The third-order valence-electron chi connectivity index (χ3n) is 4.38. The van der Waals surface area contributed by atoms with Gasteiger partial charge in [0.25, 0.3) is 0 Å². The van der Waals surface area contributed by atoms with E-state index in [1.54, 1.807) is 0 Å². The molecule has 2 heterocycles. The van der Waals surface area contributed by atoms with Crippen LogP contribution in [0, 0.1) is 5.92 Å². The first-order valence-corrected chi connectivity index (χ1v) is 8.16. The van der Waals surface area contributed by atoms with Gasteiger partial charge in [-0.15, -0.1) is 0 Å². The van der Waals surface area contributed by atoms with E-state index in [9.17, 15) is 0 Å². The number of nitrogens with zero attached hydrogens (tertiary/aromatic N) is 3. The number of rotatable bonds is 7. The molecule has 114 valence electrons. The maximum atomic E-state index is 4.74. The molecule has 4 heteroatoms. The van der Waals surface area contributed by atoms with Crippen LogP contribution in [0.5, 0.6) is 0 Å². The van der Waals surface area contributed by atoms with Gasteiger partial charge < -0.3 is 10.2 Å². The van der Waals surface area contributed by atoms with Crippen LogP contribution < -0.4 is 5.32 Å². The van der Waals surface area contributed by atoms with Crippen LogP contribution >= 0.6 is 0 Å². The number of hydrogen-bond acceptors (Lipinski definition) is 3. The SMILES string of the molecule is CCC(CC)n1ccc(CN(C)CC2CCCNC2)n1. The van der Waals surface area contributed by atoms with Crippen molar-refractivity contribution < 1.29 is 0 Å². The third-order valence-corrected chi connectivity index (χ3v) is 4.38. The Bertz CT molecular complexity index is 378. The molecule has 4 nitrogen and oxygen atoms in total. The van der Waals surface area contributed by atoms with Crippen LogP contribution in [0.4, 0.5) is 0 Å². The monoisotopic (exact) mass is 278 g/mol. The lowest BCUT2D eigenvalue weighted by molar-refractivity contribution is 0.234. The van der Waals surface area contributed by atoms with E-state index in [2.05, 4.69) is 48.1 Å². The lowest BCUT2D eigenvalue weighted by atomic mass is 9.99. The van der Waals surface area contributed by atoms with Crippen molar-refractivity contribution in [3.8, 4) is 0 Å². The van der Waals surface area contributed by atoms with Gasteiger partial charge >= 0.3 is 0 Å². The molecular weight excluding hydrogens is 248 g/mol. The Morgan fingerprint density at radius 3 is 2.90 bits per heavy atom. The Morgan fingerprint density at radius 1 is 1.45 bits per heavy atom. The Labute approximate surface area is 123 Å². The molecule has 1 fully saturated rings. The smallest absolute Gasteiger partial charge is 0.0764 e. The predicted octanol–water partition coefficient (Wildman–Crippen LogP) is 2.68. The molecule has 0 saturated carbocycles. The minimum absolute atomic E-state index is 0.552. The fourth-order valence-electron chi connectivity index (χ4n) is 3.19. The van der Waals surface area contributed by atoms with Gasteiger partial charge in [-0.05, 0) is 57.8 Å². The lowest BCUT2D eigenvalue weighted by Gasteiger charge is -2.27. The fourth-order valence-corrected chi connectivity index (χ4v) is 3.19. The molecule has 0 spiro atoms. The summed E-state index contributed by atoms with van der Waals surface area (Å²) in [7, 11) is 2.21. The van der Waals surface area contributed by atoms with E-state index in [-0.39, 0.29) is 0 Å². The first-order valence-electron chi connectivity index (χ1n) is 8.16. The highest BCUT2D eigenvalue weighted by molar-refractivity contribution is 4.99. The van der Waals surface area contributed by atoms with Gasteiger partial charge in [0.15, 0.2) is 0 Å². The van der Waals surface area contributed by atoms with Gasteiger partial charge in [0, 0.05) is 19.3 Å². The maximum Gasteiger partial charge on any atom is 0.0764 e. The summed E-state index contributed by atoms with van der Waals surface area (Å²) in [6.07, 6.45) is 7.13. The second-order valence-electron chi connectivity index (χ2n) is 6.17. The van der Waals surface area contributed by atoms with E-state index in [1.165, 1.54) is 38.2 Å². The summed E-state index contributed by atoms with van der Waals surface area (Å²) in [6.45, 7) is 8.97. The molecule has 0 radical (unpaired) electrons. The Morgan fingerprint density at radius 2 is 2.25 bits per heavy atom. The van der Waals surface area contributed by atoms with Crippen LogP contribution in [0.2, 0.25) is 0 Å². The zero-order valence-corrected chi connectivity index (χ0v) is 13.3. The predicted molar refractivity (Wildman–Crippen MR) is 83.8 cm³/mol. The van der Waals surface area contributed by atoms with E-state index < -0.39 is 0 Å². The summed E-state index contributed by atoms with van der Waals surface area (Å²) in [4.78, 5) is 2.41. The van der Waals surface area contributed by atoms with Crippen LogP contribution in [0.3, 0.4) is 0 Å². The van der Waals surface area contributed by atoms with Crippen molar-refractivity contribution in [3.05, 3.63) is 18.0 Å². The van der Waals surface area contributed by atoms with Gasteiger partial charge in [0.1, 0.15) is 0 Å². The Hall–Kier alpha value is -0.870. The van der Waals surface area contributed by atoms with E-state index in [1.807, 2.05) is 0 Å². The molecule has 1 N–H and O–H groups in total. The van der Waals surface area contributed by atoms with E-state index in [0.29, 0.717) is 6.04 Å². The van der Waals surface area contributed by atoms with Crippen molar-refractivity contribution in [1.29, 1.82) is 0 Å². The molecule has 1 saturated heterocycles. The third kappa shape index (κ3) is 4.32. The molecule has 1 unspecified atom stereocenters. The van der Waals surface area contributed by atoms with Gasteiger partial charge in [-0.3, -0.25) is 4.68 Å². The topological polar surface area (TPSA) is 33.1 Å². The Balaban J connectivity index is 1.83. The molecule has 1 aromatic rings. The van der Waals surface area contributed by atoms with Crippen LogP contribution in [0.15, 0.2) is 12.3 Å². The van der Waals surface area contributed by atoms with Crippen LogP contribution in [-0.2, 0) is 6.54 Å². The standard InChI is InChI=1S/C16H30N4/c1-4-16(5-2)20-10-8-15(18-20)13-19(3)12-14-7-6-9-17-11-14/h8,10,14,16-17H,4-7,9,11-13H2,1-3H3. The van der Waals surface area contributed by atoms with Crippen molar-refractivity contribution >= 4 is 0 Å². The molecule has 0 aromatic carbocycles. The van der Waals surface area contributed by atoms with Gasteiger partial charge in [-0.2, -0.15) is 5.10 Å². The van der Waals surface area contributed by atoms with Gasteiger partial charge in [-0.25, -0.2) is 0 Å². The molecule has 0 amide bonds. The summed E-state index contributed by atoms with van der Waals surface area (Å²) < 4.78 is 2.14. The maximum absolute atomic E-state index is 4.74. The fraction of sp³-hybridized carbons (Fsp3) is 0.812. The number of piperidine rings is 1. The van der Waals surface area contributed by atoms with Crippen molar-refractivity contribution in [2.45, 2.75) is 52.1 Å². The number of hydrogen-bond donors (Lipinski definition) is 1. The Kier molecular flexibility index (Phi) is 6.05. The second-order valence-corrected chi connectivity index (χ2v) is 6.17. The summed E-state index contributed by atoms with van der Waals surface area (Å²) in [5.74, 6) is 0.801. The van der Waals surface area contributed by atoms with Crippen molar-refractivity contribution in [1.82, 2.24) is 20.0 Å². The van der Waals surface area contributed by atoms with Crippen LogP contribution in [-0.4, -0.2) is 41.4 Å². The van der Waals surface area contributed by atoms with Crippen LogP contribution in [0.1, 0.15) is 51.3 Å². The zero-order chi connectivity index (χ0) is 14.4. The summed E-state index contributed by atoms with van der Waals surface area (Å²) >= 11 is 0. The van der Waals surface area contributed by atoms with E-state index in [0.717, 1.165) is 25.3 Å². The average molecular weight is 278 g/mol. The molecule has 0 bridgehead atoms. The molecule has 20 heavy (non-hydrogen) atoms. The molecule has 1 aliphatic rings. The molecule has 1 aliphatic heterocycles. The molecule has 1 aromatic heterocycles. The van der Waals surface area contributed by atoms with Gasteiger partial charge in [0.2, 0.25) is 0 Å².